The molecular weight excluding hydrogens is 266 g/mol. The van der Waals surface area contributed by atoms with E-state index in [0.29, 0.717) is 18.7 Å². The normalized spacial score (nSPS) is 17.1. The van der Waals surface area contributed by atoms with Gasteiger partial charge in [-0.1, -0.05) is 12.8 Å². The Hall–Kier alpha value is -1.59. The minimum Gasteiger partial charge on any atom is -0.496 e. The van der Waals surface area contributed by atoms with E-state index in [2.05, 4.69) is 4.90 Å². The summed E-state index contributed by atoms with van der Waals surface area (Å²) in [6.07, 6.45) is 3.96. The van der Waals surface area contributed by atoms with Gasteiger partial charge in [-0.2, -0.15) is 0 Å². The number of hydrogen-bond donors (Lipinski definition) is 3. The summed E-state index contributed by atoms with van der Waals surface area (Å²) in [5, 5.41) is 18.0. The van der Waals surface area contributed by atoms with E-state index in [1.807, 2.05) is 19.2 Å². The van der Waals surface area contributed by atoms with E-state index in [-0.39, 0.29) is 5.84 Å². The SMILES string of the molecule is COc1ccc(C(=N)N)cc1CN(C)CC1(O)CCCC1. The molecule has 2 rings (SSSR count). The van der Waals surface area contributed by atoms with E-state index in [0.717, 1.165) is 37.0 Å². The van der Waals surface area contributed by atoms with Crippen LogP contribution < -0.4 is 10.5 Å². The molecule has 1 aliphatic carbocycles. The number of hydrogen-bond acceptors (Lipinski definition) is 4. The zero-order valence-corrected chi connectivity index (χ0v) is 12.9. The summed E-state index contributed by atoms with van der Waals surface area (Å²) in [4.78, 5) is 2.10. The van der Waals surface area contributed by atoms with Crippen LogP contribution in [0.3, 0.4) is 0 Å². The number of nitrogen functional groups attached to an aromatic ring is 1. The first-order valence-corrected chi connectivity index (χ1v) is 7.36. The first-order valence-electron chi connectivity index (χ1n) is 7.36. The number of amidine groups is 1. The molecule has 0 unspecified atom stereocenters. The van der Waals surface area contributed by atoms with Crippen molar-refractivity contribution >= 4 is 5.84 Å². The molecule has 0 bridgehead atoms. The largest absolute Gasteiger partial charge is 0.496 e. The number of likely N-dealkylation sites (N-methyl/N-ethyl adjacent to an activating group) is 1. The number of nitrogens with zero attached hydrogens (tertiary/aromatic N) is 1. The lowest BCUT2D eigenvalue weighted by Crippen LogP contribution is -2.38. The Kier molecular flexibility index (Phi) is 4.85. The third-order valence-corrected chi connectivity index (χ3v) is 4.13. The van der Waals surface area contributed by atoms with Crippen molar-refractivity contribution in [1.29, 1.82) is 5.41 Å². The van der Waals surface area contributed by atoms with Crippen molar-refractivity contribution in [2.75, 3.05) is 20.7 Å². The van der Waals surface area contributed by atoms with E-state index in [9.17, 15) is 5.11 Å². The molecule has 1 saturated carbocycles. The molecule has 0 aromatic heterocycles. The molecule has 5 heteroatoms. The number of nitrogens with two attached hydrogens (primary N) is 1. The molecule has 0 atom stereocenters. The standard InChI is InChI=1S/C16H25N3O2/c1-19(11-16(20)7-3-4-8-16)10-13-9-12(15(17)18)5-6-14(13)21-2/h5-6,9,20H,3-4,7-8,10-11H2,1-2H3,(H3,17,18). The predicted octanol–water partition coefficient (Wildman–Crippen LogP) is 1.72. The molecule has 1 aromatic carbocycles. The van der Waals surface area contributed by atoms with Gasteiger partial charge in [0.2, 0.25) is 0 Å². The topological polar surface area (TPSA) is 82.6 Å². The number of benzene rings is 1. The molecule has 5 nitrogen and oxygen atoms in total. The minimum atomic E-state index is -0.555. The fourth-order valence-electron chi connectivity index (χ4n) is 3.11. The quantitative estimate of drug-likeness (QED) is 0.550. The second-order valence-corrected chi connectivity index (χ2v) is 6.04. The van der Waals surface area contributed by atoms with Gasteiger partial charge in [-0.15, -0.1) is 0 Å². The summed E-state index contributed by atoms with van der Waals surface area (Å²) in [7, 11) is 3.63. The number of nitrogens with one attached hydrogen (secondary N) is 1. The van der Waals surface area contributed by atoms with Crippen LogP contribution in [0.15, 0.2) is 18.2 Å². The van der Waals surface area contributed by atoms with Crippen molar-refractivity contribution in [3.8, 4) is 5.75 Å². The number of ether oxygens (including phenoxy) is 1. The van der Waals surface area contributed by atoms with Gasteiger partial charge in [0.15, 0.2) is 0 Å². The van der Waals surface area contributed by atoms with Gasteiger partial charge in [0.05, 0.1) is 12.7 Å². The van der Waals surface area contributed by atoms with Gasteiger partial charge in [-0.3, -0.25) is 10.3 Å². The lowest BCUT2D eigenvalue weighted by atomic mass is 10.0. The molecule has 0 heterocycles. The van der Waals surface area contributed by atoms with Crippen LogP contribution in [0.4, 0.5) is 0 Å². The van der Waals surface area contributed by atoms with E-state index in [1.54, 1.807) is 13.2 Å². The van der Waals surface area contributed by atoms with Crippen molar-refractivity contribution in [3.05, 3.63) is 29.3 Å². The Labute approximate surface area is 126 Å². The summed E-state index contributed by atoms with van der Waals surface area (Å²) < 4.78 is 5.38. The summed E-state index contributed by atoms with van der Waals surface area (Å²) >= 11 is 0. The van der Waals surface area contributed by atoms with E-state index in [1.165, 1.54) is 0 Å². The number of methoxy groups -OCH3 is 1. The first kappa shape index (κ1) is 15.8. The monoisotopic (exact) mass is 291 g/mol. The van der Waals surface area contributed by atoms with Crippen LogP contribution in [0.5, 0.6) is 5.75 Å². The number of aliphatic hydroxyl groups is 1. The molecule has 1 fully saturated rings. The van der Waals surface area contributed by atoms with Crippen LogP contribution in [-0.4, -0.2) is 42.1 Å². The van der Waals surface area contributed by atoms with Crippen molar-refractivity contribution in [3.63, 3.8) is 0 Å². The Morgan fingerprint density at radius 1 is 1.43 bits per heavy atom. The highest BCUT2D eigenvalue weighted by molar-refractivity contribution is 5.95. The van der Waals surface area contributed by atoms with Crippen molar-refractivity contribution in [2.24, 2.45) is 5.73 Å². The van der Waals surface area contributed by atoms with E-state index in [4.69, 9.17) is 15.9 Å². The fraction of sp³-hybridized carbons (Fsp3) is 0.562. The summed E-state index contributed by atoms with van der Waals surface area (Å²) in [6.45, 7) is 1.31. The molecule has 0 amide bonds. The molecule has 0 saturated heterocycles. The van der Waals surface area contributed by atoms with Crippen molar-refractivity contribution in [2.45, 2.75) is 37.8 Å². The highest BCUT2D eigenvalue weighted by Crippen LogP contribution is 2.30. The summed E-state index contributed by atoms with van der Waals surface area (Å²) in [5.41, 5.74) is 6.67. The molecule has 0 aliphatic heterocycles. The lowest BCUT2D eigenvalue weighted by molar-refractivity contribution is 0.0144. The summed E-state index contributed by atoms with van der Waals surface area (Å²) in [5.74, 6) is 0.834. The predicted molar refractivity (Wildman–Crippen MR) is 83.8 cm³/mol. The van der Waals surface area contributed by atoms with Gasteiger partial charge in [-0.05, 0) is 38.1 Å². The van der Waals surface area contributed by atoms with Crippen LogP contribution in [0.1, 0.15) is 36.8 Å². The van der Waals surface area contributed by atoms with Crippen molar-refractivity contribution in [1.82, 2.24) is 4.90 Å². The minimum absolute atomic E-state index is 0.0518. The van der Waals surface area contributed by atoms with E-state index < -0.39 is 5.60 Å². The highest BCUT2D eigenvalue weighted by Gasteiger charge is 2.32. The van der Waals surface area contributed by atoms with E-state index >= 15 is 0 Å². The zero-order valence-electron chi connectivity index (χ0n) is 12.9. The molecule has 0 radical (unpaired) electrons. The molecule has 1 aromatic rings. The van der Waals surface area contributed by atoms with Crippen LogP contribution in [-0.2, 0) is 6.54 Å². The average molecular weight is 291 g/mol. The van der Waals surface area contributed by atoms with Crippen LogP contribution in [0.25, 0.3) is 0 Å². The molecular formula is C16H25N3O2. The van der Waals surface area contributed by atoms with Crippen LogP contribution in [0.2, 0.25) is 0 Å². The van der Waals surface area contributed by atoms with Gasteiger partial charge in [0.1, 0.15) is 11.6 Å². The van der Waals surface area contributed by atoms with Crippen LogP contribution in [0, 0.1) is 5.41 Å². The van der Waals surface area contributed by atoms with Gasteiger partial charge < -0.3 is 15.6 Å². The zero-order chi connectivity index (χ0) is 15.5. The van der Waals surface area contributed by atoms with Gasteiger partial charge >= 0.3 is 0 Å². The molecule has 1 aliphatic rings. The number of rotatable bonds is 6. The lowest BCUT2D eigenvalue weighted by Gasteiger charge is -2.29. The van der Waals surface area contributed by atoms with Crippen LogP contribution >= 0.6 is 0 Å². The third-order valence-electron chi connectivity index (χ3n) is 4.13. The second kappa shape index (κ2) is 6.45. The molecule has 116 valence electrons. The maximum Gasteiger partial charge on any atom is 0.123 e. The first-order chi connectivity index (χ1) is 9.93. The Morgan fingerprint density at radius 3 is 2.67 bits per heavy atom. The highest BCUT2D eigenvalue weighted by atomic mass is 16.5. The molecule has 21 heavy (non-hydrogen) atoms. The second-order valence-electron chi connectivity index (χ2n) is 6.04. The van der Waals surface area contributed by atoms with Gasteiger partial charge in [-0.25, -0.2) is 0 Å². The van der Waals surface area contributed by atoms with Gasteiger partial charge in [0.25, 0.3) is 0 Å². The smallest absolute Gasteiger partial charge is 0.123 e. The third kappa shape index (κ3) is 3.95. The average Bonchev–Trinajstić information content (AvgIpc) is 2.84. The maximum atomic E-state index is 10.5. The molecule has 0 spiro atoms. The van der Waals surface area contributed by atoms with Gasteiger partial charge in [0, 0.05) is 24.2 Å². The Balaban J connectivity index is 2.10. The Bertz CT molecular complexity index is 510. The summed E-state index contributed by atoms with van der Waals surface area (Å²) in [6, 6.07) is 5.51. The fourth-order valence-corrected chi connectivity index (χ4v) is 3.11. The maximum absolute atomic E-state index is 10.5. The molecule has 4 N–H and O–H groups in total. The Morgan fingerprint density at radius 2 is 2.10 bits per heavy atom. The van der Waals surface area contributed by atoms with Crippen molar-refractivity contribution < 1.29 is 9.84 Å².